The average molecular weight is 324 g/mol. The Kier molecular flexibility index (Phi) is 5.51. The first-order valence-electron chi connectivity index (χ1n) is 7.39. The molecule has 6 heteroatoms. The first kappa shape index (κ1) is 17.6. The van der Waals surface area contributed by atoms with Crippen LogP contribution in [0.1, 0.15) is 12.7 Å². The normalized spacial score (nSPS) is 14.2. The Balaban J connectivity index is 1.98. The van der Waals surface area contributed by atoms with Crippen LogP contribution in [-0.2, 0) is 6.54 Å². The summed E-state index contributed by atoms with van der Waals surface area (Å²) in [4.78, 5) is 1.90. The molecule has 1 heterocycles. The Morgan fingerprint density at radius 1 is 1.17 bits per heavy atom. The standard InChI is InChI=1S/C17H22F2N2O2/c1-17(22,11-21(2)3)10-20-9-12-7-8-15(23-12)16-13(18)5-4-6-14(16)19/h4-8,20,22H,9-11H2,1-3H3. The van der Waals surface area contributed by atoms with Crippen LogP contribution < -0.4 is 5.32 Å². The van der Waals surface area contributed by atoms with Crippen LogP contribution in [0.15, 0.2) is 34.7 Å². The minimum Gasteiger partial charge on any atom is -0.460 e. The van der Waals surface area contributed by atoms with Gasteiger partial charge in [-0.3, -0.25) is 0 Å². The van der Waals surface area contributed by atoms with Crippen LogP contribution in [0.2, 0.25) is 0 Å². The van der Waals surface area contributed by atoms with E-state index in [2.05, 4.69) is 5.32 Å². The third-order valence-electron chi connectivity index (χ3n) is 3.33. The Hall–Kier alpha value is -1.76. The molecule has 0 aliphatic carbocycles. The maximum absolute atomic E-state index is 13.7. The van der Waals surface area contributed by atoms with Crippen molar-refractivity contribution in [3.05, 3.63) is 47.7 Å². The van der Waals surface area contributed by atoms with Crippen molar-refractivity contribution in [2.24, 2.45) is 0 Å². The highest BCUT2D eigenvalue weighted by atomic mass is 19.1. The zero-order valence-electron chi connectivity index (χ0n) is 13.6. The van der Waals surface area contributed by atoms with Crippen LogP contribution in [0, 0.1) is 11.6 Å². The molecule has 1 aromatic heterocycles. The minimum atomic E-state index is -0.878. The lowest BCUT2D eigenvalue weighted by Gasteiger charge is -2.27. The molecule has 0 saturated carbocycles. The molecular formula is C17H22F2N2O2. The smallest absolute Gasteiger partial charge is 0.140 e. The first-order chi connectivity index (χ1) is 10.8. The maximum atomic E-state index is 13.7. The summed E-state index contributed by atoms with van der Waals surface area (Å²) < 4.78 is 32.9. The number of benzene rings is 1. The fourth-order valence-corrected chi connectivity index (χ4v) is 2.53. The van der Waals surface area contributed by atoms with Crippen molar-refractivity contribution in [3.8, 4) is 11.3 Å². The van der Waals surface area contributed by atoms with Gasteiger partial charge in [-0.1, -0.05) is 6.07 Å². The number of nitrogens with one attached hydrogen (secondary N) is 1. The second-order valence-corrected chi connectivity index (χ2v) is 6.20. The summed E-state index contributed by atoms with van der Waals surface area (Å²) in [7, 11) is 3.77. The van der Waals surface area contributed by atoms with E-state index >= 15 is 0 Å². The number of hydrogen-bond donors (Lipinski definition) is 2. The molecule has 2 N–H and O–H groups in total. The fraction of sp³-hybridized carbons (Fsp3) is 0.412. The molecule has 1 aromatic carbocycles. The Morgan fingerprint density at radius 3 is 2.43 bits per heavy atom. The van der Waals surface area contributed by atoms with E-state index in [0.29, 0.717) is 25.4 Å². The van der Waals surface area contributed by atoms with Crippen LogP contribution in [-0.4, -0.2) is 42.8 Å². The molecule has 0 aliphatic heterocycles. The fourth-order valence-electron chi connectivity index (χ4n) is 2.53. The van der Waals surface area contributed by atoms with Gasteiger partial charge in [-0.05, 0) is 45.3 Å². The van der Waals surface area contributed by atoms with E-state index in [1.165, 1.54) is 24.3 Å². The summed E-state index contributed by atoms with van der Waals surface area (Å²) in [5.74, 6) is -0.624. The predicted octanol–water partition coefficient (Wildman–Crippen LogP) is 2.63. The van der Waals surface area contributed by atoms with Crippen molar-refractivity contribution in [1.82, 2.24) is 10.2 Å². The second-order valence-electron chi connectivity index (χ2n) is 6.20. The number of hydrogen-bond acceptors (Lipinski definition) is 4. The number of aliphatic hydroxyl groups is 1. The van der Waals surface area contributed by atoms with Crippen molar-refractivity contribution < 1.29 is 18.3 Å². The van der Waals surface area contributed by atoms with E-state index in [0.717, 1.165) is 0 Å². The first-order valence-corrected chi connectivity index (χ1v) is 7.39. The Bertz CT molecular complexity index is 634. The SMILES string of the molecule is CN(C)CC(C)(O)CNCc1ccc(-c2c(F)cccc2F)o1. The molecule has 126 valence electrons. The molecule has 23 heavy (non-hydrogen) atoms. The van der Waals surface area contributed by atoms with Gasteiger partial charge < -0.3 is 19.7 Å². The number of rotatable bonds is 7. The van der Waals surface area contributed by atoms with Gasteiger partial charge in [0.15, 0.2) is 0 Å². The van der Waals surface area contributed by atoms with Crippen molar-refractivity contribution in [1.29, 1.82) is 0 Å². The third-order valence-corrected chi connectivity index (χ3v) is 3.33. The van der Waals surface area contributed by atoms with Crippen LogP contribution in [0.25, 0.3) is 11.3 Å². The van der Waals surface area contributed by atoms with E-state index < -0.39 is 17.2 Å². The third kappa shape index (κ3) is 4.86. The van der Waals surface area contributed by atoms with Gasteiger partial charge in [0.05, 0.1) is 17.7 Å². The molecule has 0 bridgehead atoms. The van der Waals surface area contributed by atoms with Gasteiger partial charge in [-0.2, -0.15) is 0 Å². The van der Waals surface area contributed by atoms with E-state index in [4.69, 9.17) is 4.42 Å². The zero-order chi connectivity index (χ0) is 17.0. The highest BCUT2D eigenvalue weighted by molar-refractivity contribution is 5.59. The molecule has 4 nitrogen and oxygen atoms in total. The van der Waals surface area contributed by atoms with Crippen molar-refractivity contribution in [2.75, 3.05) is 27.2 Å². The van der Waals surface area contributed by atoms with Crippen LogP contribution >= 0.6 is 0 Å². The molecule has 0 fully saturated rings. The minimum absolute atomic E-state index is 0.150. The molecular weight excluding hydrogens is 302 g/mol. The summed E-state index contributed by atoms with van der Waals surface area (Å²) in [5.41, 5.74) is -1.05. The number of likely N-dealkylation sites (N-methyl/N-ethyl adjacent to an activating group) is 1. The van der Waals surface area contributed by atoms with E-state index in [1.54, 1.807) is 13.0 Å². The van der Waals surface area contributed by atoms with Gasteiger partial charge in [0.2, 0.25) is 0 Å². The molecule has 1 unspecified atom stereocenters. The molecule has 0 saturated heterocycles. The second kappa shape index (κ2) is 7.21. The Morgan fingerprint density at radius 2 is 1.83 bits per heavy atom. The summed E-state index contributed by atoms with van der Waals surface area (Å²) in [6.45, 7) is 2.99. The zero-order valence-corrected chi connectivity index (χ0v) is 13.6. The molecule has 1 atom stereocenters. The number of halogens is 2. The Labute approximate surface area is 134 Å². The molecule has 2 rings (SSSR count). The summed E-state index contributed by atoms with van der Waals surface area (Å²) in [6, 6.07) is 6.90. The van der Waals surface area contributed by atoms with Gasteiger partial charge in [-0.15, -0.1) is 0 Å². The van der Waals surface area contributed by atoms with Crippen molar-refractivity contribution in [3.63, 3.8) is 0 Å². The maximum Gasteiger partial charge on any atom is 0.140 e. The van der Waals surface area contributed by atoms with E-state index in [-0.39, 0.29) is 11.3 Å². The molecule has 0 spiro atoms. The molecule has 0 amide bonds. The highest BCUT2D eigenvalue weighted by Gasteiger charge is 2.21. The quantitative estimate of drug-likeness (QED) is 0.822. The lowest BCUT2D eigenvalue weighted by molar-refractivity contribution is 0.0332. The topological polar surface area (TPSA) is 48.6 Å². The van der Waals surface area contributed by atoms with Gasteiger partial charge in [-0.25, -0.2) is 8.78 Å². The highest BCUT2D eigenvalue weighted by Crippen LogP contribution is 2.27. The molecule has 0 aliphatic rings. The van der Waals surface area contributed by atoms with Crippen LogP contribution in [0.3, 0.4) is 0 Å². The largest absolute Gasteiger partial charge is 0.460 e. The van der Waals surface area contributed by atoms with E-state index in [9.17, 15) is 13.9 Å². The average Bonchev–Trinajstić information content (AvgIpc) is 2.85. The lowest BCUT2D eigenvalue weighted by Crippen LogP contribution is -2.45. The number of nitrogens with zero attached hydrogens (tertiary/aromatic N) is 1. The van der Waals surface area contributed by atoms with Gasteiger partial charge in [0.25, 0.3) is 0 Å². The van der Waals surface area contributed by atoms with Gasteiger partial charge in [0, 0.05) is 13.1 Å². The van der Waals surface area contributed by atoms with Crippen LogP contribution in [0.4, 0.5) is 8.78 Å². The van der Waals surface area contributed by atoms with Gasteiger partial charge >= 0.3 is 0 Å². The van der Waals surface area contributed by atoms with Gasteiger partial charge in [0.1, 0.15) is 23.2 Å². The molecule has 2 aromatic rings. The summed E-state index contributed by atoms with van der Waals surface area (Å²) in [6.07, 6.45) is 0. The monoisotopic (exact) mass is 324 g/mol. The predicted molar refractivity (Wildman–Crippen MR) is 84.9 cm³/mol. The molecule has 0 radical (unpaired) electrons. The van der Waals surface area contributed by atoms with Crippen molar-refractivity contribution in [2.45, 2.75) is 19.1 Å². The summed E-state index contributed by atoms with van der Waals surface area (Å²) >= 11 is 0. The lowest BCUT2D eigenvalue weighted by atomic mass is 10.1. The number of furan rings is 1. The summed E-state index contributed by atoms with van der Waals surface area (Å²) in [5, 5.41) is 13.3. The van der Waals surface area contributed by atoms with Crippen molar-refractivity contribution >= 4 is 0 Å². The van der Waals surface area contributed by atoms with Crippen LogP contribution in [0.5, 0.6) is 0 Å². The van der Waals surface area contributed by atoms with E-state index in [1.807, 2.05) is 19.0 Å².